The summed E-state index contributed by atoms with van der Waals surface area (Å²) < 4.78 is 39.6. The number of pyridine rings is 1. The highest BCUT2D eigenvalue weighted by Crippen LogP contribution is 2.24. The van der Waals surface area contributed by atoms with E-state index in [0.29, 0.717) is 5.82 Å². The summed E-state index contributed by atoms with van der Waals surface area (Å²) >= 11 is 1.86. The van der Waals surface area contributed by atoms with Crippen molar-refractivity contribution in [1.82, 2.24) is 4.98 Å². The SMILES string of the molecule is FC(F)(F)Oc1ccc(N2CCSCC2)nc1. The van der Waals surface area contributed by atoms with Crippen molar-refractivity contribution < 1.29 is 17.9 Å². The molecule has 2 heterocycles. The van der Waals surface area contributed by atoms with Crippen LogP contribution in [0, 0.1) is 0 Å². The lowest BCUT2D eigenvalue weighted by molar-refractivity contribution is -0.274. The zero-order valence-corrected chi connectivity index (χ0v) is 9.72. The number of nitrogens with zero attached hydrogens (tertiary/aromatic N) is 2. The fourth-order valence-electron chi connectivity index (χ4n) is 1.55. The van der Waals surface area contributed by atoms with Crippen LogP contribution in [-0.2, 0) is 0 Å². The van der Waals surface area contributed by atoms with Gasteiger partial charge >= 0.3 is 6.36 Å². The van der Waals surface area contributed by atoms with Crippen LogP contribution in [0.1, 0.15) is 0 Å². The van der Waals surface area contributed by atoms with E-state index in [2.05, 4.69) is 9.72 Å². The lowest BCUT2D eigenvalue weighted by atomic mass is 10.4. The van der Waals surface area contributed by atoms with E-state index < -0.39 is 6.36 Å². The molecule has 0 spiro atoms. The van der Waals surface area contributed by atoms with Gasteiger partial charge < -0.3 is 9.64 Å². The topological polar surface area (TPSA) is 25.4 Å². The highest BCUT2D eigenvalue weighted by molar-refractivity contribution is 7.99. The maximum atomic E-state index is 11.9. The number of alkyl halides is 3. The van der Waals surface area contributed by atoms with Crippen LogP contribution in [-0.4, -0.2) is 35.9 Å². The average molecular weight is 264 g/mol. The molecule has 0 bridgehead atoms. The number of halogens is 3. The largest absolute Gasteiger partial charge is 0.573 e. The summed E-state index contributed by atoms with van der Waals surface area (Å²) in [7, 11) is 0. The minimum Gasteiger partial charge on any atom is -0.404 e. The van der Waals surface area contributed by atoms with Gasteiger partial charge in [0.05, 0.1) is 6.20 Å². The predicted octanol–water partition coefficient (Wildman–Crippen LogP) is 2.53. The summed E-state index contributed by atoms with van der Waals surface area (Å²) in [6.07, 6.45) is -3.56. The molecule has 1 aromatic rings. The second-order valence-corrected chi connectivity index (χ2v) is 4.72. The molecule has 17 heavy (non-hydrogen) atoms. The number of rotatable bonds is 2. The summed E-state index contributed by atoms with van der Waals surface area (Å²) in [4.78, 5) is 6.03. The second-order valence-electron chi connectivity index (χ2n) is 3.50. The van der Waals surface area contributed by atoms with Gasteiger partial charge in [-0.25, -0.2) is 4.98 Å². The molecule has 7 heteroatoms. The quantitative estimate of drug-likeness (QED) is 0.819. The molecule has 94 valence electrons. The Labute approximate surface area is 101 Å². The van der Waals surface area contributed by atoms with Crippen LogP contribution in [0.2, 0.25) is 0 Å². The smallest absolute Gasteiger partial charge is 0.404 e. The van der Waals surface area contributed by atoms with Crippen LogP contribution < -0.4 is 9.64 Å². The van der Waals surface area contributed by atoms with E-state index in [0.717, 1.165) is 30.8 Å². The Morgan fingerprint density at radius 2 is 1.94 bits per heavy atom. The monoisotopic (exact) mass is 264 g/mol. The molecule has 0 N–H and O–H groups in total. The molecule has 0 atom stereocenters. The van der Waals surface area contributed by atoms with Crippen molar-refractivity contribution in [3.8, 4) is 5.75 Å². The number of anilines is 1. The van der Waals surface area contributed by atoms with Gasteiger partial charge in [-0.3, -0.25) is 0 Å². The highest BCUT2D eigenvalue weighted by atomic mass is 32.2. The normalized spacial score (nSPS) is 17.0. The molecular formula is C10H11F3N2OS. The van der Waals surface area contributed by atoms with Crippen LogP contribution in [0.15, 0.2) is 18.3 Å². The minimum atomic E-state index is -4.66. The average Bonchev–Trinajstić information content (AvgIpc) is 2.29. The van der Waals surface area contributed by atoms with E-state index in [1.165, 1.54) is 6.07 Å². The Balaban J connectivity index is 2.02. The minimum absolute atomic E-state index is 0.285. The maximum absolute atomic E-state index is 11.9. The molecule has 0 aliphatic carbocycles. The summed E-state index contributed by atoms with van der Waals surface area (Å²) in [5, 5.41) is 0. The third kappa shape index (κ3) is 3.69. The van der Waals surface area contributed by atoms with Crippen LogP contribution in [0.5, 0.6) is 5.75 Å². The Morgan fingerprint density at radius 1 is 1.24 bits per heavy atom. The number of hydrogen-bond donors (Lipinski definition) is 0. The Hall–Kier alpha value is -1.11. The molecule has 1 saturated heterocycles. The maximum Gasteiger partial charge on any atom is 0.573 e. The van der Waals surface area contributed by atoms with Crippen LogP contribution in [0.4, 0.5) is 19.0 Å². The Kier molecular flexibility index (Phi) is 3.66. The standard InChI is InChI=1S/C10H11F3N2OS/c11-10(12,13)16-8-1-2-9(14-7-8)15-3-5-17-6-4-15/h1-2,7H,3-6H2. The lowest BCUT2D eigenvalue weighted by Gasteiger charge is -2.27. The van der Waals surface area contributed by atoms with Gasteiger partial charge in [0.15, 0.2) is 0 Å². The molecule has 0 unspecified atom stereocenters. The van der Waals surface area contributed by atoms with Crippen molar-refractivity contribution >= 4 is 17.6 Å². The van der Waals surface area contributed by atoms with E-state index in [4.69, 9.17) is 0 Å². The first-order valence-electron chi connectivity index (χ1n) is 5.09. The highest BCUT2D eigenvalue weighted by Gasteiger charge is 2.31. The first-order chi connectivity index (χ1) is 8.04. The van der Waals surface area contributed by atoms with Gasteiger partial charge in [-0.05, 0) is 12.1 Å². The number of hydrogen-bond acceptors (Lipinski definition) is 4. The number of thioether (sulfide) groups is 1. The first kappa shape index (κ1) is 12.3. The van der Waals surface area contributed by atoms with Crippen molar-refractivity contribution in [2.45, 2.75) is 6.36 Å². The zero-order chi connectivity index (χ0) is 12.3. The molecule has 2 rings (SSSR count). The fourth-order valence-corrected chi connectivity index (χ4v) is 2.45. The molecule has 1 fully saturated rings. The van der Waals surface area contributed by atoms with Crippen LogP contribution >= 0.6 is 11.8 Å². The van der Waals surface area contributed by atoms with Crippen LogP contribution in [0.25, 0.3) is 0 Å². The van der Waals surface area contributed by atoms with Gasteiger partial charge in [0.1, 0.15) is 11.6 Å². The van der Waals surface area contributed by atoms with E-state index in [1.54, 1.807) is 6.07 Å². The van der Waals surface area contributed by atoms with Gasteiger partial charge in [-0.1, -0.05) is 0 Å². The summed E-state index contributed by atoms with van der Waals surface area (Å²) in [5.74, 6) is 2.44. The Morgan fingerprint density at radius 3 is 2.47 bits per heavy atom. The lowest BCUT2D eigenvalue weighted by Crippen LogP contribution is -2.33. The number of aromatic nitrogens is 1. The molecule has 1 aromatic heterocycles. The van der Waals surface area contributed by atoms with E-state index in [9.17, 15) is 13.2 Å². The Bertz CT molecular complexity index is 363. The van der Waals surface area contributed by atoms with Gasteiger partial charge in [0, 0.05) is 24.6 Å². The van der Waals surface area contributed by atoms with Crippen LogP contribution in [0.3, 0.4) is 0 Å². The third-order valence-corrected chi connectivity index (χ3v) is 3.23. The van der Waals surface area contributed by atoms with Gasteiger partial charge in [0.25, 0.3) is 0 Å². The van der Waals surface area contributed by atoms with Gasteiger partial charge in [-0.15, -0.1) is 13.2 Å². The molecular weight excluding hydrogens is 253 g/mol. The van der Waals surface area contributed by atoms with Gasteiger partial charge in [-0.2, -0.15) is 11.8 Å². The van der Waals surface area contributed by atoms with Crippen molar-refractivity contribution in [1.29, 1.82) is 0 Å². The number of ether oxygens (including phenoxy) is 1. The van der Waals surface area contributed by atoms with Crippen molar-refractivity contribution in [2.24, 2.45) is 0 Å². The summed E-state index contributed by atoms with van der Waals surface area (Å²) in [6.45, 7) is 1.74. The second kappa shape index (κ2) is 5.03. The zero-order valence-electron chi connectivity index (χ0n) is 8.91. The molecule has 0 aromatic carbocycles. The molecule has 0 saturated carbocycles. The summed E-state index contributed by atoms with van der Waals surface area (Å²) in [5.41, 5.74) is 0. The molecule has 0 amide bonds. The predicted molar refractivity (Wildman–Crippen MR) is 60.5 cm³/mol. The third-order valence-electron chi connectivity index (χ3n) is 2.29. The molecule has 1 aliphatic rings. The summed E-state index contributed by atoms with van der Waals surface area (Å²) in [6, 6.07) is 2.84. The van der Waals surface area contributed by atoms with E-state index in [1.807, 2.05) is 16.7 Å². The fraction of sp³-hybridized carbons (Fsp3) is 0.500. The molecule has 1 aliphatic heterocycles. The van der Waals surface area contributed by atoms with E-state index >= 15 is 0 Å². The van der Waals surface area contributed by atoms with Gasteiger partial charge in [0.2, 0.25) is 0 Å². The first-order valence-corrected chi connectivity index (χ1v) is 6.24. The molecule has 3 nitrogen and oxygen atoms in total. The van der Waals surface area contributed by atoms with Crippen molar-refractivity contribution in [2.75, 3.05) is 29.5 Å². The van der Waals surface area contributed by atoms with E-state index in [-0.39, 0.29) is 5.75 Å². The molecule has 0 radical (unpaired) electrons. The van der Waals surface area contributed by atoms with Crippen molar-refractivity contribution in [3.05, 3.63) is 18.3 Å². The van der Waals surface area contributed by atoms with Crippen molar-refractivity contribution in [3.63, 3.8) is 0 Å².